The zero-order valence-electron chi connectivity index (χ0n) is 20.4. The number of carbonyl (C=O) groups is 1. The molecule has 0 bridgehead atoms. The van der Waals surface area contributed by atoms with E-state index in [-0.39, 0.29) is 5.78 Å². The van der Waals surface area contributed by atoms with Crippen LogP contribution in [0.1, 0.15) is 51.8 Å². The third-order valence-corrected chi connectivity index (χ3v) is 7.40. The van der Waals surface area contributed by atoms with Gasteiger partial charge in [-0.3, -0.25) is 19.6 Å². The van der Waals surface area contributed by atoms with Gasteiger partial charge in [0.1, 0.15) is 12.0 Å². The minimum atomic E-state index is -0.403. The predicted molar refractivity (Wildman–Crippen MR) is 142 cm³/mol. The van der Waals surface area contributed by atoms with E-state index in [9.17, 15) is 4.79 Å². The van der Waals surface area contributed by atoms with Gasteiger partial charge >= 0.3 is 0 Å². The zero-order chi connectivity index (χ0) is 24.5. The van der Waals surface area contributed by atoms with Crippen LogP contribution >= 0.6 is 0 Å². The number of likely N-dealkylation sites (tertiary alicyclic amines) is 1. The lowest BCUT2D eigenvalue weighted by Crippen LogP contribution is -2.35. The van der Waals surface area contributed by atoms with E-state index in [4.69, 9.17) is 5.73 Å². The van der Waals surface area contributed by atoms with Crippen molar-refractivity contribution in [3.63, 3.8) is 0 Å². The fourth-order valence-electron chi connectivity index (χ4n) is 5.48. The second kappa shape index (κ2) is 9.82. The zero-order valence-corrected chi connectivity index (χ0v) is 20.4. The SMILES string of the molecule is NCc1cccc(-n2cnc3c2C(=O)C(c2ccc(-c4ccccc4CN4CCCC4)cc2)NC3)c1. The maximum atomic E-state index is 13.7. The van der Waals surface area contributed by atoms with Gasteiger partial charge in [-0.15, -0.1) is 0 Å². The van der Waals surface area contributed by atoms with E-state index in [0.29, 0.717) is 18.8 Å². The summed E-state index contributed by atoms with van der Waals surface area (Å²) in [7, 11) is 0. The highest BCUT2D eigenvalue weighted by atomic mass is 16.1. The summed E-state index contributed by atoms with van der Waals surface area (Å²) < 4.78 is 1.90. The minimum Gasteiger partial charge on any atom is -0.326 e. The number of Topliss-reactive ketones (excluding diaryl/α,β-unsaturated/α-hetero) is 1. The molecule has 6 heteroatoms. The lowest BCUT2D eigenvalue weighted by molar-refractivity contribution is 0.0922. The van der Waals surface area contributed by atoms with Gasteiger partial charge in [0.05, 0.1) is 11.7 Å². The molecule has 4 aromatic rings. The van der Waals surface area contributed by atoms with Crippen molar-refractivity contribution in [3.05, 3.63) is 107 Å². The summed E-state index contributed by atoms with van der Waals surface area (Å²) in [4.78, 5) is 20.7. The second-order valence-electron chi connectivity index (χ2n) is 9.72. The first-order chi connectivity index (χ1) is 17.7. The third kappa shape index (κ3) is 4.28. The molecule has 1 unspecified atom stereocenters. The summed E-state index contributed by atoms with van der Waals surface area (Å²) in [6.45, 7) is 4.35. The second-order valence-corrected chi connectivity index (χ2v) is 9.72. The highest BCUT2D eigenvalue weighted by molar-refractivity contribution is 6.01. The van der Waals surface area contributed by atoms with E-state index >= 15 is 0 Å². The van der Waals surface area contributed by atoms with Gasteiger partial charge in [0.15, 0.2) is 0 Å². The van der Waals surface area contributed by atoms with Gasteiger partial charge in [-0.1, -0.05) is 60.7 Å². The van der Waals surface area contributed by atoms with Crippen LogP contribution in [0.3, 0.4) is 0 Å². The number of aromatic nitrogens is 2. The van der Waals surface area contributed by atoms with Crippen LogP contribution in [0.2, 0.25) is 0 Å². The number of benzene rings is 3. The molecule has 182 valence electrons. The molecule has 3 N–H and O–H groups in total. The molecule has 0 radical (unpaired) electrons. The highest BCUT2D eigenvalue weighted by Gasteiger charge is 2.32. The van der Waals surface area contributed by atoms with Gasteiger partial charge < -0.3 is 5.73 Å². The first-order valence-corrected chi connectivity index (χ1v) is 12.7. The minimum absolute atomic E-state index is 0.0362. The lowest BCUT2D eigenvalue weighted by Gasteiger charge is -2.24. The van der Waals surface area contributed by atoms with Crippen LogP contribution in [-0.2, 0) is 19.6 Å². The molecule has 0 aliphatic carbocycles. The van der Waals surface area contributed by atoms with Gasteiger partial charge in [-0.2, -0.15) is 0 Å². The molecule has 2 aliphatic rings. The van der Waals surface area contributed by atoms with Gasteiger partial charge in [-0.25, -0.2) is 4.98 Å². The molecule has 1 fully saturated rings. The summed E-state index contributed by atoms with van der Waals surface area (Å²) in [5.41, 5.74) is 14.0. The molecular formula is C30H31N5O. The van der Waals surface area contributed by atoms with Crippen LogP contribution < -0.4 is 11.1 Å². The first-order valence-electron chi connectivity index (χ1n) is 12.7. The monoisotopic (exact) mass is 477 g/mol. The van der Waals surface area contributed by atoms with Crippen molar-refractivity contribution in [1.82, 2.24) is 19.8 Å². The number of imidazole rings is 1. The standard InChI is InChI=1S/C30H31N5O/c31-17-21-6-5-8-25(16-21)35-20-33-27-18-32-28(30(36)29(27)35)23-12-10-22(11-13-23)26-9-2-1-7-24(26)19-34-14-3-4-15-34/h1-2,5-13,16,20,28,32H,3-4,14-15,17-19,31H2. The Hall–Kier alpha value is -3.58. The van der Waals surface area contributed by atoms with Crippen LogP contribution in [0, 0.1) is 0 Å². The molecule has 0 saturated carbocycles. The average Bonchev–Trinajstić information content (AvgIpc) is 3.60. The Morgan fingerprint density at radius 2 is 1.78 bits per heavy atom. The average molecular weight is 478 g/mol. The molecule has 6 nitrogen and oxygen atoms in total. The molecule has 1 saturated heterocycles. The van der Waals surface area contributed by atoms with Crippen LogP contribution in [0.4, 0.5) is 0 Å². The predicted octanol–water partition coefficient (Wildman–Crippen LogP) is 4.62. The smallest absolute Gasteiger partial charge is 0.202 e. The summed E-state index contributed by atoms with van der Waals surface area (Å²) in [5, 5.41) is 3.40. The Labute approximate surface area is 211 Å². The molecule has 0 spiro atoms. The summed E-state index contributed by atoms with van der Waals surface area (Å²) in [6, 6.07) is 24.7. The van der Waals surface area contributed by atoms with Gasteiger partial charge in [0.2, 0.25) is 5.78 Å². The Balaban J connectivity index is 1.27. The molecule has 0 amide bonds. The maximum absolute atomic E-state index is 13.7. The fraction of sp³-hybridized carbons (Fsp3) is 0.267. The Morgan fingerprint density at radius 3 is 2.58 bits per heavy atom. The topological polar surface area (TPSA) is 76.2 Å². The van der Waals surface area contributed by atoms with E-state index in [1.165, 1.54) is 42.6 Å². The number of nitrogens with one attached hydrogen (secondary N) is 1. The molecule has 3 heterocycles. The van der Waals surface area contributed by atoms with Crippen molar-refractivity contribution in [2.45, 2.75) is 38.5 Å². The quantitative estimate of drug-likeness (QED) is 0.424. The van der Waals surface area contributed by atoms with Crippen LogP contribution in [-0.4, -0.2) is 33.3 Å². The van der Waals surface area contributed by atoms with Gasteiger partial charge in [0, 0.05) is 25.3 Å². The number of carbonyl (C=O) groups excluding carboxylic acids is 1. The molecule has 6 rings (SSSR count). The molecule has 2 aliphatic heterocycles. The van der Waals surface area contributed by atoms with Crippen LogP contribution in [0.5, 0.6) is 0 Å². The molecule has 1 atom stereocenters. The van der Waals surface area contributed by atoms with Crippen LogP contribution in [0.25, 0.3) is 16.8 Å². The normalized spacial score (nSPS) is 17.9. The fourth-order valence-corrected chi connectivity index (χ4v) is 5.48. The summed E-state index contributed by atoms with van der Waals surface area (Å²) >= 11 is 0. The molecule has 1 aromatic heterocycles. The number of nitrogens with two attached hydrogens (primary N) is 1. The van der Waals surface area contributed by atoms with Crippen LogP contribution in [0.15, 0.2) is 79.1 Å². The van der Waals surface area contributed by atoms with E-state index in [0.717, 1.165) is 29.1 Å². The maximum Gasteiger partial charge on any atom is 0.202 e. The third-order valence-electron chi connectivity index (χ3n) is 7.40. The van der Waals surface area contributed by atoms with E-state index in [1.54, 1.807) is 6.33 Å². The number of fused-ring (bicyclic) bond motifs is 1. The molecule has 36 heavy (non-hydrogen) atoms. The summed E-state index contributed by atoms with van der Waals surface area (Å²) in [5.74, 6) is 0.0362. The van der Waals surface area contributed by atoms with Crippen molar-refractivity contribution in [1.29, 1.82) is 0 Å². The molecule has 3 aromatic carbocycles. The number of ketones is 1. The number of hydrogen-bond acceptors (Lipinski definition) is 5. The van der Waals surface area contributed by atoms with Crippen molar-refractivity contribution in [2.75, 3.05) is 13.1 Å². The number of hydrogen-bond donors (Lipinski definition) is 2. The largest absolute Gasteiger partial charge is 0.326 e. The van der Waals surface area contributed by atoms with Crippen molar-refractivity contribution < 1.29 is 4.79 Å². The Morgan fingerprint density at radius 1 is 0.972 bits per heavy atom. The lowest BCUT2D eigenvalue weighted by atomic mass is 9.93. The van der Waals surface area contributed by atoms with E-state index < -0.39 is 6.04 Å². The van der Waals surface area contributed by atoms with E-state index in [2.05, 4.69) is 63.7 Å². The Bertz CT molecular complexity index is 1380. The first kappa shape index (κ1) is 22.9. The number of rotatable bonds is 6. The van der Waals surface area contributed by atoms with E-state index in [1.807, 2.05) is 28.8 Å². The Kier molecular flexibility index (Phi) is 6.23. The summed E-state index contributed by atoms with van der Waals surface area (Å²) in [6.07, 6.45) is 4.32. The van der Waals surface area contributed by atoms with Gasteiger partial charge in [-0.05, 0) is 65.9 Å². The van der Waals surface area contributed by atoms with Crippen molar-refractivity contribution >= 4 is 5.78 Å². The molecular weight excluding hydrogens is 446 g/mol. The van der Waals surface area contributed by atoms with Gasteiger partial charge in [0.25, 0.3) is 0 Å². The number of nitrogens with zero attached hydrogens (tertiary/aromatic N) is 3. The van der Waals surface area contributed by atoms with Crippen molar-refractivity contribution in [2.24, 2.45) is 5.73 Å². The highest BCUT2D eigenvalue weighted by Crippen LogP contribution is 2.31. The van der Waals surface area contributed by atoms with Crippen molar-refractivity contribution in [3.8, 4) is 16.8 Å².